The molecule has 0 saturated carbocycles. The molecule has 9 aromatic carbocycles. The molecule has 0 fully saturated rings. The van der Waals surface area contributed by atoms with E-state index in [9.17, 15) is 0 Å². The lowest BCUT2D eigenvalue weighted by Crippen LogP contribution is -2.37. The van der Waals surface area contributed by atoms with E-state index in [0.29, 0.717) is 6.67 Å². The first-order valence-corrected chi connectivity index (χ1v) is 26.2. The Kier molecular flexibility index (Phi) is 9.39. The molecule has 4 bridgehead atoms. The van der Waals surface area contributed by atoms with Crippen molar-refractivity contribution in [1.82, 2.24) is 9.55 Å². The SMILES string of the molecule is Cc1cc(-n2c3ccccc3c3ccc(Oc4cccc(N5CN(c6cccc7c6C6c8ccccc8C7C7c8ccccc8C6c6ccccc67)c6ccccc65)c4)cc32)ncc1-c1ccc(C(C)(C)C)cc1. The van der Waals surface area contributed by atoms with Crippen LogP contribution >= 0.6 is 0 Å². The average molecular weight is 955 g/mol. The fourth-order valence-electron chi connectivity index (χ4n) is 13.6. The summed E-state index contributed by atoms with van der Waals surface area (Å²) < 4.78 is 9.17. The number of benzene rings is 9. The summed E-state index contributed by atoms with van der Waals surface area (Å²) in [4.78, 5) is 10.2. The van der Waals surface area contributed by atoms with Crippen LogP contribution in [0, 0.1) is 6.92 Å². The molecular weight excluding hydrogens is 901 g/mol. The Morgan fingerprint density at radius 1 is 0.459 bits per heavy atom. The lowest BCUT2D eigenvalue weighted by Gasteiger charge is -2.51. The summed E-state index contributed by atoms with van der Waals surface area (Å²) in [5, 5.41) is 2.34. The first kappa shape index (κ1) is 43.0. The molecule has 6 aliphatic carbocycles. The van der Waals surface area contributed by atoms with E-state index in [1.807, 2.05) is 6.20 Å². The molecule has 3 heterocycles. The van der Waals surface area contributed by atoms with Crippen LogP contribution < -0.4 is 14.5 Å². The molecule has 1 aliphatic heterocycles. The lowest BCUT2D eigenvalue weighted by molar-refractivity contribution is 0.483. The highest BCUT2D eigenvalue weighted by atomic mass is 16.5. The van der Waals surface area contributed by atoms with Crippen molar-refractivity contribution >= 4 is 44.6 Å². The fourth-order valence-corrected chi connectivity index (χ4v) is 13.6. The molecule has 0 spiro atoms. The van der Waals surface area contributed by atoms with Gasteiger partial charge in [0.15, 0.2) is 0 Å². The number of nitrogens with zero attached hydrogens (tertiary/aromatic N) is 4. The molecule has 5 nitrogen and oxygen atoms in total. The Morgan fingerprint density at radius 3 is 1.68 bits per heavy atom. The summed E-state index contributed by atoms with van der Waals surface area (Å²) in [6, 6.07) is 78.9. The maximum Gasteiger partial charge on any atom is 0.137 e. The molecule has 2 unspecified atom stereocenters. The summed E-state index contributed by atoms with van der Waals surface area (Å²) in [5.74, 6) is 3.17. The van der Waals surface area contributed by atoms with Crippen molar-refractivity contribution in [2.45, 2.75) is 56.8 Å². The smallest absolute Gasteiger partial charge is 0.137 e. The summed E-state index contributed by atoms with van der Waals surface area (Å²) >= 11 is 0. The predicted molar refractivity (Wildman–Crippen MR) is 303 cm³/mol. The Morgan fingerprint density at radius 2 is 1.00 bits per heavy atom. The highest BCUT2D eigenvalue weighted by molar-refractivity contribution is 6.09. The molecule has 11 aromatic rings. The number of anilines is 4. The second kappa shape index (κ2) is 16.2. The second-order valence-electron chi connectivity index (χ2n) is 21.9. The van der Waals surface area contributed by atoms with Crippen LogP contribution in [-0.4, -0.2) is 16.2 Å². The zero-order valence-corrected chi connectivity index (χ0v) is 42.0. The van der Waals surface area contributed by atoms with Gasteiger partial charge in [0.25, 0.3) is 0 Å². The van der Waals surface area contributed by atoms with Gasteiger partial charge >= 0.3 is 0 Å². The van der Waals surface area contributed by atoms with Gasteiger partial charge in [-0.05, 0) is 128 Å². The van der Waals surface area contributed by atoms with Gasteiger partial charge < -0.3 is 14.5 Å². The molecule has 2 aromatic heterocycles. The van der Waals surface area contributed by atoms with Gasteiger partial charge in [-0.25, -0.2) is 4.98 Å². The van der Waals surface area contributed by atoms with Crippen LogP contribution in [0.25, 0.3) is 38.8 Å². The van der Waals surface area contributed by atoms with Crippen LogP contribution in [0.1, 0.15) is 100 Å². The second-order valence-corrected chi connectivity index (χ2v) is 21.9. The number of para-hydroxylation sites is 3. The van der Waals surface area contributed by atoms with Crippen molar-refractivity contribution in [3.8, 4) is 28.4 Å². The lowest BCUT2D eigenvalue weighted by atomic mass is 9.53. The van der Waals surface area contributed by atoms with Crippen molar-refractivity contribution in [1.29, 1.82) is 0 Å². The van der Waals surface area contributed by atoms with Gasteiger partial charge in [-0.3, -0.25) is 4.57 Å². The standard InChI is InChI=1S/C69H54N4O/c1-42-37-63(70-40-57(42)43-31-33-44(34-32-43)69(2,3)4)73-58-27-12-11-19-48(58)49-36-35-47(39-62(49)73)74-46-18-15-17-45(38-46)71-41-72(60-29-14-13-28-59(60)71)61-30-16-26-56-66-54-24-9-10-25-55(54)68(67(56)61)65-52-22-7-5-20-50(52)64(66)51-21-6-8-23-53(51)65/h5-40,64-66,68H,41H2,1-4H3. The van der Waals surface area contributed by atoms with E-state index in [4.69, 9.17) is 9.72 Å². The molecule has 0 N–H and O–H groups in total. The van der Waals surface area contributed by atoms with Crippen molar-refractivity contribution in [3.63, 3.8) is 0 Å². The summed E-state index contributed by atoms with van der Waals surface area (Å²) in [5.41, 5.74) is 23.6. The number of hydrogen-bond acceptors (Lipinski definition) is 4. The van der Waals surface area contributed by atoms with E-state index >= 15 is 0 Å². The van der Waals surface area contributed by atoms with Gasteiger partial charge in [-0.15, -0.1) is 0 Å². The van der Waals surface area contributed by atoms with Gasteiger partial charge in [0.05, 0.1) is 22.4 Å². The van der Waals surface area contributed by atoms with Crippen molar-refractivity contribution in [3.05, 3.63) is 274 Å². The molecule has 2 atom stereocenters. The van der Waals surface area contributed by atoms with E-state index in [1.54, 1.807) is 0 Å². The van der Waals surface area contributed by atoms with Crippen molar-refractivity contribution < 1.29 is 4.74 Å². The molecule has 74 heavy (non-hydrogen) atoms. The van der Waals surface area contributed by atoms with Crippen molar-refractivity contribution in [2.75, 3.05) is 16.5 Å². The Bertz CT molecular complexity index is 4040. The Labute approximate surface area is 432 Å². The zero-order valence-electron chi connectivity index (χ0n) is 42.0. The highest BCUT2D eigenvalue weighted by Crippen LogP contribution is 2.65. The minimum atomic E-state index is 0.0974. The third-order valence-electron chi connectivity index (χ3n) is 16.9. The van der Waals surface area contributed by atoms with E-state index in [1.165, 1.54) is 83.6 Å². The fraction of sp³-hybridized carbons (Fsp3) is 0.145. The van der Waals surface area contributed by atoms with Gasteiger partial charge in [0.2, 0.25) is 0 Å². The van der Waals surface area contributed by atoms with Gasteiger partial charge in [0.1, 0.15) is 24.0 Å². The van der Waals surface area contributed by atoms with E-state index in [-0.39, 0.29) is 29.1 Å². The largest absolute Gasteiger partial charge is 0.457 e. The molecule has 0 amide bonds. The number of pyridine rings is 1. The van der Waals surface area contributed by atoms with Crippen LogP contribution in [0.15, 0.2) is 219 Å². The molecule has 5 heteroatoms. The monoisotopic (exact) mass is 954 g/mol. The third-order valence-corrected chi connectivity index (χ3v) is 16.9. The van der Waals surface area contributed by atoms with Crippen molar-refractivity contribution in [2.24, 2.45) is 0 Å². The predicted octanol–water partition coefficient (Wildman–Crippen LogP) is 17.4. The molecule has 356 valence electrons. The minimum absolute atomic E-state index is 0.0974. The number of aromatic nitrogens is 2. The van der Waals surface area contributed by atoms with E-state index < -0.39 is 0 Å². The first-order chi connectivity index (χ1) is 36.3. The summed E-state index contributed by atoms with van der Waals surface area (Å²) in [6.07, 6.45) is 2.03. The van der Waals surface area contributed by atoms with Crippen LogP contribution in [0.2, 0.25) is 0 Å². The number of hydrogen-bond donors (Lipinski definition) is 0. The topological polar surface area (TPSA) is 33.5 Å². The van der Waals surface area contributed by atoms with Crippen LogP contribution in [0.5, 0.6) is 11.5 Å². The van der Waals surface area contributed by atoms with Gasteiger partial charge in [0, 0.05) is 69.7 Å². The van der Waals surface area contributed by atoms with E-state index in [2.05, 4.69) is 254 Å². The summed E-state index contributed by atoms with van der Waals surface area (Å²) in [6.45, 7) is 9.62. The molecular formula is C69H54N4O. The molecule has 0 saturated heterocycles. The molecule has 0 radical (unpaired) electrons. The highest BCUT2D eigenvalue weighted by Gasteiger charge is 2.51. The molecule has 18 rings (SSSR count). The summed E-state index contributed by atoms with van der Waals surface area (Å²) in [7, 11) is 0. The van der Waals surface area contributed by atoms with Gasteiger partial charge in [-0.2, -0.15) is 0 Å². The number of aryl methyl sites for hydroxylation is 1. The number of fused-ring (bicyclic) bond motifs is 4. The van der Waals surface area contributed by atoms with Crippen LogP contribution in [0.4, 0.5) is 22.7 Å². The number of rotatable bonds is 6. The maximum absolute atomic E-state index is 6.89. The van der Waals surface area contributed by atoms with Crippen LogP contribution in [0.3, 0.4) is 0 Å². The third kappa shape index (κ3) is 6.38. The first-order valence-electron chi connectivity index (χ1n) is 26.2. The average Bonchev–Trinajstić information content (AvgIpc) is 4.02. The number of ether oxygens (including phenoxy) is 1. The van der Waals surface area contributed by atoms with Crippen LogP contribution in [-0.2, 0) is 5.41 Å². The quantitative estimate of drug-likeness (QED) is 0.166. The maximum atomic E-state index is 6.89. The van der Waals surface area contributed by atoms with Gasteiger partial charge in [-0.1, -0.05) is 166 Å². The minimum Gasteiger partial charge on any atom is -0.457 e. The zero-order chi connectivity index (χ0) is 49.4. The Hall–Kier alpha value is -8.67. The Balaban J connectivity index is 0.786. The normalized spacial score (nSPS) is 17.9. The van der Waals surface area contributed by atoms with E-state index in [0.717, 1.165) is 45.0 Å². The molecule has 7 aliphatic rings.